The number of aromatic amines is 1. The first kappa shape index (κ1) is 23.2. The van der Waals surface area contributed by atoms with Crippen molar-refractivity contribution >= 4 is 39.9 Å². The lowest BCUT2D eigenvalue weighted by atomic mass is 10.0. The number of fused-ring (bicyclic) bond motifs is 1. The van der Waals surface area contributed by atoms with Crippen molar-refractivity contribution in [3.63, 3.8) is 0 Å². The first-order chi connectivity index (χ1) is 16.4. The smallest absolute Gasteiger partial charge is 0.261 e. The fourth-order valence-corrected chi connectivity index (χ4v) is 3.80. The van der Waals surface area contributed by atoms with E-state index in [4.69, 9.17) is 16.3 Å². The van der Waals surface area contributed by atoms with Crippen molar-refractivity contribution in [1.29, 1.82) is 0 Å². The summed E-state index contributed by atoms with van der Waals surface area (Å²) in [5.41, 5.74) is 2.51. The average molecular weight is 476 g/mol. The molecule has 172 valence electrons. The summed E-state index contributed by atoms with van der Waals surface area (Å²) in [4.78, 5) is 45.0. The molecule has 0 bridgehead atoms. The lowest BCUT2D eigenvalue weighted by molar-refractivity contribution is 0.0980. The number of amides is 1. The maximum atomic E-state index is 12.9. The zero-order valence-corrected chi connectivity index (χ0v) is 19.4. The third-order valence-corrected chi connectivity index (χ3v) is 5.91. The molecule has 0 radical (unpaired) electrons. The van der Waals surface area contributed by atoms with Gasteiger partial charge >= 0.3 is 0 Å². The summed E-state index contributed by atoms with van der Waals surface area (Å²) in [6, 6.07) is 15.6. The molecule has 34 heavy (non-hydrogen) atoms. The second kappa shape index (κ2) is 9.89. The molecule has 2 N–H and O–H groups in total. The number of carbonyl (C=O) groups excluding carboxylic acids is 2. The standard InChI is InChI=1S/C26H22ClN3O4/c1-15-7-8-17(23(31)10-9-16-5-3-4-6-20(16)27)12-21(15)29-25(32)19-11-18-14-28-24(34-2)13-22(18)30-26(19)33/h3-8,11-14H,9-10H2,1-2H3,(H,29,32)(H,30,33). The summed E-state index contributed by atoms with van der Waals surface area (Å²) >= 11 is 6.18. The molecular weight excluding hydrogens is 454 g/mol. The molecule has 8 heteroatoms. The van der Waals surface area contributed by atoms with Gasteiger partial charge in [0.05, 0.1) is 12.6 Å². The number of anilines is 1. The Labute approximate surface area is 200 Å². The number of H-pyrrole nitrogens is 1. The Bertz CT molecular complexity index is 1460. The number of rotatable bonds is 7. The van der Waals surface area contributed by atoms with Crippen molar-refractivity contribution in [1.82, 2.24) is 9.97 Å². The molecule has 4 aromatic rings. The molecule has 0 fully saturated rings. The number of Topliss-reactive ketones (excluding diaryl/α,β-unsaturated/α-hetero) is 1. The Morgan fingerprint density at radius 3 is 2.68 bits per heavy atom. The fraction of sp³-hybridized carbons (Fsp3) is 0.154. The van der Waals surface area contributed by atoms with Gasteiger partial charge in [-0.15, -0.1) is 0 Å². The second-order valence-corrected chi connectivity index (χ2v) is 8.23. The molecule has 0 atom stereocenters. The number of nitrogens with one attached hydrogen (secondary N) is 2. The Kier molecular flexibility index (Phi) is 6.75. The van der Waals surface area contributed by atoms with Crippen molar-refractivity contribution < 1.29 is 14.3 Å². The summed E-state index contributed by atoms with van der Waals surface area (Å²) in [6.45, 7) is 1.81. The highest BCUT2D eigenvalue weighted by Crippen LogP contribution is 2.22. The first-order valence-electron chi connectivity index (χ1n) is 10.6. The summed E-state index contributed by atoms with van der Waals surface area (Å²) in [5.74, 6) is -0.297. The monoisotopic (exact) mass is 475 g/mol. The molecule has 0 saturated heterocycles. The topological polar surface area (TPSA) is 101 Å². The average Bonchev–Trinajstić information content (AvgIpc) is 2.83. The Hall–Kier alpha value is -3.97. The van der Waals surface area contributed by atoms with Gasteiger partial charge < -0.3 is 15.0 Å². The molecule has 1 amide bonds. The minimum Gasteiger partial charge on any atom is -0.481 e. The van der Waals surface area contributed by atoms with Gasteiger partial charge in [0, 0.05) is 40.3 Å². The van der Waals surface area contributed by atoms with E-state index >= 15 is 0 Å². The summed E-state index contributed by atoms with van der Waals surface area (Å²) in [5, 5.41) is 3.97. The maximum absolute atomic E-state index is 12.9. The van der Waals surface area contributed by atoms with Crippen LogP contribution in [0.4, 0.5) is 5.69 Å². The van der Waals surface area contributed by atoms with Crippen molar-refractivity contribution in [3.8, 4) is 5.88 Å². The van der Waals surface area contributed by atoms with Gasteiger partial charge in [-0.25, -0.2) is 4.98 Å². The first-order valence-corrected chi connectivity index (χ1v) is 11.0. The minimum absolute atomic E-state index is 0.0608. The number of aryl methyl sites for hydroxylation is 2. The van der Waals surface area contributed by atoms with Gasteiger partial charge in [0.2, 0.25) is 5.88 Å². The van der Waals surface area contributed by atoms with Crippen LogP contribution in [0.15, 0.2) is 65.6 Å². The van der Waals surface area contributed by atoms with Crippen LogP contribution in [0.25, 0.3) is 10.9 Å². The van der Waals surface area contributed by atoms with E-state index in [1.54, 1.807) is 30.3 Å². The number of pyridine rings is 2. The number of methoxy groups -OCH3 is 1. The van der Waals surface area contributed by atoms with E-state index in [-0.39, 0.29) is 17.8 Å². The van der Waals surface area contributed by atoms with Gasteiger partial charge in [0.25, 0.3) is 11.5 Å². The van der Waals surface area contributed by atoms with Crippen molar-refractivity contribution in [3.05, 3.63) is 98.4 Å². The third kappa shape index (κ3) is 5.00. The van der Waals surface area contributed by atoms with Gasteiger partial charge in [-0.1, -0.05) is 41.9 Å². The van der Waals surface area contributed by atoms with E-state index < -0.39 is 11.5 Å². The predicted octanol–water partition coefficient (Wildman–Crippen LogP) is 4.96. The number of hydrogen-bond acceptors (Lipinski definition) is 5. The number of nitrogens with zero attached hydrogens (tertiary/aromatic N) is 1. The van der Waals surface area contributed by atoms with Crippen LogP contribution in [0, 0.1) is 6.92 Å². The Morgan fingerprint density at radius 1 is 1.12 bits per heavy atom. The van der Waals surface area contributed by atoms with Crippen molar-refractivity contribution in [2.45, 2.75) is 19.8 Å². The molecule has 0 aliphatic carbocycles. The zero-order valence-electron chi connectivity index (χ0n) is 18.6. The highest BCUT2D eigenvalue weighted by Gasteiger charge is 2.16. The van der Waals surface area contributed by atoms with Crippen LogP contribution in [-0.2, 0) is 6.42 Å². The quantitative estimate of drug-likeness (QED) is 0.368. The second-order valence-electron chi connectivity index (χ2n) is 7.82. The number of benzene rings is 2. The zero-order chi connectivity index (χ0) is 24.2. The molecule has 0 unspecified atom stereocenters. The number of halogens is 1. The number of carbonyl (C=O) groups is 2. The van der Waals surface area contributed by atoms with Crippen LogP contribution in [-0.4, -0.2) is 28.8 Å². The summed E-state index contributed by atoms with van der Waals surface area (Å²) in [7, 11) is 1.48. The van der Waals surface area contributed by atoms with Gasteiger partial charge in [-0.2, -0.15) is 0 Å². The van der Waals surface area contributed by atoms with E-state index in [2.05, 4.69) is 15.3 Å². The van der Waals surface area contributed by atoms with E-state index in [9.17, 15) is 14.4 Å². The number of hydrogen-bond donors (Lipinski definition) is 2. The lowest BCUT2D eigenvalue weighted by Gasteiger charge is -2.11. The molecule has 2 aromatic heterocycles. The van der Waals surface area contributed by atoms with E-state index in [1.807, 2.05) is 25.1 Å². The van der Waals surface area contributed by atoms with Crippen LogP contribution in [0.1, 0.15) is 38.3 Å². The van der Waals surface area contributed by atoms with Gasteiger partial charge in [-0.3, -0.25) is 14.4 Å². The van der Waals surface area contributed by atoms with Crippen LogP contribution in [0.2, 0.25) is 5.02 Å². The molecule has 0 aliphatic rings. The highest BCUT2D eigenvalue weighted by molar-refractivity contribution is 6.31. The van der Waals surface area contributed by atoms with E-state index in [0.29, 0.717) is 39.5 Å². The van der Waals surface area contributed by atoms with Crippen molar-refractivity contribution in [2.24, 2.45) is 0 Å². The molecule has 0 aliphatic heterocycles. The Morgan fingerprint density at radius 2 is 1.91 bits per heavy atom. The molecular formula is C26H22ClN3O4. The van der Waals surface area contributed by atoms with Crippen LogP contribution in [0.3, 0.4) is 0 Å². The molecule has 4 rings (SSSR count). The van der Waals surface area contributed by atoms with E-state index in [0.717, 1.165) is 11.1 Å². The summed E-state index contributed by atoms with van der Waals surface area (Å²) in [6.07, 6.45) is 2.31. The number of ketones is 1. The van der Waals surface area contributed by atoms with E-state index in [1.165, 1.54) is 19.4 Å². The van der Waals surface area contributed by atoms with Crippen molar-refractivity contribution in [2.75, 3.05) is 12.4 Å². The summed E-state index contributed by atoms with van der Waals surface area (Å²) < 4.78 is 5.06. The Balaban J connectivity index is 1.53. The van der Waals surface area contributed by atoms with Gasteiger partial charge in [0.15, 0.2) is 5.78 Å². The largest absolute Gasteiger partial charge is 0.481 e. The molecule has 2 heterocycles. The fourth-order valence-electron chi connectivity index (χ4n) is 3.57. The maximum Gasteiger partial charge on any atom is 0.261 e. The normalized spacial score (nSPS) is 10.8. The SMILES string of the molecule is COc1cc2[nH]c(=O)c(C(=O)Nc3cc(C(=O)CCc4ccccc4Cl)ccc3C)cc2cn1. The number of ether oxygens (including phenoxy) is 1. The lowest BCUT2D eigenvalue weighted by Crippen LogP contribution is -2.23. The molecule has 2 aromatic carbocycles. The molecule has 7 nitrogen and oxygen atoms in total. The number of aromatic nitrogens is 2. The van der Waals surface area contributed by atoms with Gasteiger partial charge in [0.1, 0.15) is 5.56 Å². The molecule has 0 saturated carbocycles. The highest BCUT2D eigenvalue weighted by atomic mass is 35.5. The third-order valence-electron chi connectivity index (χ3n) is 5.54. The predicted molar refractivity (Wildman–Crippen MR) is 132 cm³/mol. The minimum atomic E-state index is -0.581. The molecule has 0 spiro atoms. The van der Waals surface area contributed by atoms with Crippen LogP contribution >= 0.6 is 11.6 Å². The van der Waals surface area contributed by atoms with Crippen LogP contribution in [0.5, 0.6) is 5.88 Å². The van der Waals surface area contributed by atoms with Crippen LogP contribution < -0.4 is 15.6 Å². The van der Waals surface area contributed by atoms with Gasteiger partial charge in [-0.05, 0) is 42.7 Å².